The molecule has 0 aromatic heterocycles. The van der Waals surface area contributed by atoms with Crippen LogP contribution in [0.4, 0.5) is 5.69 Å². The minimum absolute atomic E-state index is 0.270. The lowest BCUT2D eigenvalue weighted by Crippen LogP contribution is -2.12. The van der Waals surface area contributed by atoms with Gasteiger partial charge in [0.05, 0.1) is 22.6 Å². The molecule has 0 spiro atoms. The summed E-state index contributed by atoms with van der Waals surface area (Å²) in [7, 11) is 0. The standard InChI is InChI=1S/C16H12N2O4S2/c1-2-22-15(20)9-3-5-11(6-4-9)17-13(19)10-7-12-14(23-8-10)18-16(21)24-12/h3-8H,2H2,1H3,(H,17,19). The second kappa shape index (κ2) is 6.90. The van der Waals surface area contributed by atoms with Crippen LogP contribution in [0.5, 0.6) is 0 Å². The van der Waals surface area contributed by atoms with Crippen molar-refractivity contribution in [2.24, 2.45) is 0 Å². The highest BCUT2D eigenvalue weighted by molar-refractivity contribution is 7.20. The van der Waals surface area contributed by atoms with Gasteiger partial charge < -0.3 is 10.1 Å². The molecule has 0 radical (unpaired) electrons. The van der Waals surface area contributed by atoms with E-state index >= 15 is 0 Å². The highest BCUT2D eigenvalue weighted by atomic mass is 32.1. The molecule has 0 saturated heterocycles. The minimum Gasteiger partial charge on any atom is -0.462 e. The number of carbonyl (C=O) groups excluding carboxylic acids is 2. The van der Waals surface area contributed by atoms with Crippen molar-refractivity contribution < 1.29 is 14.3 Å². The van der Waals surface area contributed by atoms with Gasteiger partial charge in [0.2, 0.25) is 0 Å². The molecule has 2 heterocycles. The van der Waals surface area contributed by atoms with Crippen LogP contribution in [0.3, 0.4) is 0 Å². The van der Waals surface area contributed by atoms with Crippen molar-refractivity contribution in [2.45, 2.75) is 6.92 Å². The topological polar surface area (TPSA) is 85.4 Å². The maximum atomic E-state index is 12.3. The maximum Gasteiger partial charge on any atom is 0.338 e. The Hall–Kier alpha value is -2.58. The van der Waals surface area contributed by atoms with Gasteiger partial charge in [-0.05, 0) is 37.3 Å². The molecule has 6 nitrogen and oxygen atoms in total. The van der Waals surface area contributed by atoms with E-state index in [1.165, 1.54) is 11.3 Å². The van der Waals surface area contributed by atoms with Crippen LogP contribution in [0, 0.1) is 0 Å². The van der Waals surface area contributed by atoms with Crippen molar-refractivity contribution >= 4 is 40.2 Å². The lowest BCUT2D eigenvalue weighted by Gasteiger charge is -2.07. The van der Waals surface area contributed by atoms with Gasteiger partial charge in [-0.25, -0.2) is 4.79 Å². The molecule has 24 heavy (non-hydrogen) atoms. The van der Waals surface area contributed by atoms with Crippen molar-refractivity contribution in [3.63, 3.8) is 0 Å². The third-order valence-corrected chi connectivity index (χ3v) is 4.93. The molecule has 2 aliphatic rings. The summed E-state index contributed by atoms with van der Waals surface area (Å²) in [6, 6.07) is 8.09. The van der Waals surface area contributed by atoms with E-state index in [1.54, 1.807) is 42.6 Å². The molecule has 0 saturated carbocycles. The number of carbonyl (C=O) groups is 2. The fourth-order valence-electron chi connectivity index (χ4n) is 2.00. The zero-order valence-electron chi connectivity index (χ0n) is 12.6. The first-order chi connectivity index (χ1) is 11.6. The monoisotopic (exact) mass is 360 g/mol. The highest BCUT2D eigenvalue weighted by Crippen LogP contribution is 2.28. The number of amides is 1. The number of benzene rings is 1. The molecule has 0 aliphatic carbocycles. The van der Waals surface area contributed by atoms with Crippen LogP contribution in [-0.4, -0.2) is 23.5 Å². The minimum atomic E-state index is -0.402. The summed E-state index contributed by atoms with van der Waals surface area (Å²) >= 11 is 2.26. The number of thiazole rings is 1. The number of anilines is 1. The first-order valence-corrected chi connectivity index (χ1v) is 8.74. The lowest BCUT2D eigenvalue weighted by molar-refractivity contribution is 0.0526. The van der Waals surface area contributed by atoms with Crippen molar-refractivity contribution in [2.75, 3.05) is 11.9 Å². The van der Waals surface area contributed by atoms with E-state index in [-0.39, 0.29) is 10.8 Å². The van der Waals surface area contributed by atoms with E-state index in [0.29, 0.717) is 33.3 Å². The number of hydrogen-bond acceptors (Lipinski definition) is 7. The summed E-state index contributed by atoms with van der Waals surface area (Å²) < 4.78 is 4.91. The van der Waals surface area contributed by atoms with Crippen molar-refractivity contribution in [3.05, 3.63) is 56.5 Å². The van der Waals surface area contributed by atoms with Crippen LogP contribution < -0.4 is 10.2 Å². The molecule has 0 atom stereocenters. The number of rotatable bonds is 4. The molecular weight excluding hydrogens is 348 g/mol. The summed E-state index contributed by atoms with van der Waals surface area (Å²) in [5.74, 6) is -0.695. The molecule has 122 valence electrons. The Morgan fingerprint density at radius 2 is 1.96 bits per heavy atom. The molecular formula is C16H12N2O4S2. The molecule has 0 fully saturated rings. The van der Waals surface area contributed by atoms with Crippen molar-refractivity contribution in [3.8, 4) is 9.88 Å². The van der Waals surface area contributed by atoms with Crippen LogP contribution in [0.15, 0.2) is 40.5 Å². The fourth-order valence-corrected chi connectivity index (χ4v) is 3.69. The number of esters is 1. The number of hydrogen-bond donors (Lipinski definition) is 1. The van der Waals surface area contributed by atoms with Crippen LogP contribution in [-0.2, 0) is 4.74 Å². The van der Waals surface area contributed by atoms with E-state index in [0.717, 1.165) is 11.3 Å². The summed E-state index contributed by atoms with van der Waals surface area (Å²) in [6.45, 7) is 2.05. The Morgan fingerprint density at radius 1 is 1.21 bits per heavy atom. The van der Waals surface area contributed by atoms with Gasteiger partial charge in [-0.1, -0.05) is 11.3 Å². The Balaban J connectivity index is 1.75. The van der Waals surface area contributed by atoms with Gasteiger partial charge in [0.25, 0.3) is 5.91 Å². The quantitative estimate of drug-likeness (QED) is 0.723. The zero-order chi connectivity index (χ0) is 17.1. The Labute approximate surface area is 145 Å². The number of nitrogens with one attached hydrogen (secondary N) is 1. The second-order valence-corrected chi connectivity index (χ2v) is 6.59. The Kier molecular flexibility index (Phi) is 4.68. The molecule has 3 rings (SSSR count). The molecule has 1 aromatic rings. The van der Waals surface area contributed by atoms with Crippen LogP contribution >= 0.6 is 22.7 Å². The summed E-state index contributed by atoms with van der Waals surface area (Å²) in [5, 5.41) is 5.03. The summed E-state index contributed by atoms with van der Waals surface area (Å²) in [5.41, 5.74) is 1.43. The normalized spacial score (nSPS) is 10.5. The number of fused-ring (bicyclic) bond motifs is 1. The van der Waals surface area contributed by atoms with Gasteiger partial charge in [-0.15, -0.1) is 11.3 Å². The van der Waals surface area contributed by atoms with E-state index < -0.39 is 5.97 Å². The van der Waals surface area contributed by atoms with Gasteiger partial charge in [0.1, 0.15) is 5.01 Å². The van der Waals surface area contributed by atoms with Crippen LogP contribution in [0.1, 0.15) is 27.6 Å². The first kappa shape index (κ1) is 16.3. The van der Waals surface area contributed by atoms with Gasteiger partial charge in [-0.2, -0.15) is 4.98 Å². The van der Waals surface area contributed by atoms with Gasteiger partial charge in [0, 0.05) is 11.1 Å². The fraction of sp³-hybridized carbons (Fsp3) is 0.125. The average Bonchev–Trinajstić information content (AvgIpc) is 2.94. The molecule has 1 aromatic carbocycles. The smallest absolute Gasteiger partial charge is 0.338 e. The van der Waals surface area contributed by atoms with E-state index in [9.17, 15) is 14.4 Å². The molecule has 1 amide bonds. The Morgan fingerprint density at radius 3 is 2.67 bits per heavy atom. The van der Waals surface area contributed by atoms with Gasteiger partial charge in [0.15, 0.2) is 0 Å². The lowest BCUT2D eigenvalue weighted by atomic mass is 10.2. The molecule has 2 aliphatic heterocycles. The summed E-state index contributed by atoms with van der Waals surface area (Å²) in [6.07, 6.45) is 0. The van der Waals surface area contributed by atoms with E-state index in [1.807, 2.05) is 0 Å². The summed E-state index contributed by atoms with van der Waals surface area (Å²) in [4.78, 5) is 39.4. The van der Waals surface area contributed by atoms with E-state index in [4.69, 9.17) is 4.74 Å². The van der Waals surface area contributed by atoms with Gasteiger partial charge >= 0.3 is 10.8 Å². The number of aromatic nitrogens is 1. The maximum absolute atomic E-state index is 12.3. The predicted octanol–water partition coefficient (Wildman–Crippen LogP) is 3.10. The van der Waals surface area contributed by atoms with Crippen LogP contribution in [0.25, 0.3) is 9.88 Å². The third kappa shape index (κ3) is 3.50. The molecule has 0 unspecified atom stereocenters. The predicted molar refractivity (Wildman–Crippen MR) is 93.2 cm³/mol. The first-order valence-electron chi connectivity index (χ1n) is 7.04. The van der Waals surface area contributed by atoms with E-state index in [2.05, 4.69) is 10.3 Å². The molecule has 0 bridgehead atoms. The second-order valence-electron chi connectivity index (χ2n) is 4.74. The SMILES string of the molecule is CCOC(=O)c1ccc(NC(=O)c2csc3nc(=O)sc-3c2)cc1. The molecule has 8 heteroatoms. The van der Waals surface area contributed by atoms with Crippen LogP contribution in [0.2, 0.25) is 0 Å². The van der Waals surface area contributed by atoms with Crippen molar-refractivity contribution in [1.82, 2.24) is 4.98 Å². The van der Waals surface area contributed by atoms with Crippen molar-refractivity contribution in [1.29, 1.82) is 0 Å². The largest absolute Gasteiger partial charge is 0.462 e. The molecule has 1 N–H and O–H groups in total. The number of nitrogens with zero attached hydrogens (tertiary/aromatic N) is 1. The number of ether oxygens (including phenoxy) is 1. The average molecular weight is 360 g/mol. The Bertz CT molecular complexity index is 914. The van der Waals surface area contributed by atoms with Gasteiger partial charge in [-0.3, -0.25) is 9.59 Å². The highest BCUT2D eigenvalue weighted by Gasteiger charge is 2.14. The third-order valence-electron chi connectivity index (χ3n) is 3.10. The zero-order valence-corrected chi connectivity index (χ0v) is 14.2.